The van der Waals surface area contributed by atoms with Crippen LogP contribution in [0.15, 0.2) is 0 Å². The summed E-state index contributed by atoms with van der Waals surface area (Å²) in [5.41, 5.74) is 5.06. The Kier molecular flexibility index (Phi) is 6.30. The minimum absolute atomic E-state index is 0.179. The van der Waals surface area contributed by atoms with Crippen molar-refractivity contribution >= 4 is 5.91 Å². The summed E-state index contributed by atoms with van der Waals surface area (Å²) in [6.45, 7) is 14.2. The van der Waals surface area contributed by atoms with Gasteiger partial charge in [-0.15, -0.1) is 0 Å². The van der Waals surface area contributed by atoms with Gasteiger partial charge in [-0.2, -0.15) is 0 Å². The Hall–Kier alpha value is -0.610. The van der Waals surface area contributed by atoms with Crippen LogP contribution in [0.4, 0.5) is 0 Å². The van der Waals surface area contributed by atoms with Gasteiger partial charge in [0, 0.05) is 12.6 Å². The summed E-state index contributed by atoms with van der Waals surface area (Å²) in [7, 11) is 2.05. The molecule has 0 spiro atoms. The number of carbonyl (C=O) groups is 1. The maximum Gasteiger partial charge on any atom is 0.238 e. The average molecular weight is 257 g/mol. The third kappa shape index (κ3) is 4.94. The van der Waals surface area contributed by atoms with Crippen LogP contribution in [-0.2, 0) is 4.79 Å². The Morgan fingerprint density at radius 3 is 2.17 bits per heavy atom. The SMILES string of the molecule is CCCNC(C)(CN(C)C(C)C(C)(C)C)C(N)=O. The van der Waals surface area contributed by atoms with Crippen LogP contribution in [0.5, 0.6) is 0 Å². The zero-order valence-corrected chi connectivity index (χ0v) is 13.1. The summed E-state index contributed by atoms with van der Waals surface area (Å²) >= 11 is 0. The lowest BCUT2D eigenvalue weighted by molar-refractivity contribution is -0.124. The van der Waals surface area contributed by atoms with E-state index in [1.54, 1.807) is 0 Å². The second-order valence-corrected chi connectivity index (χ2v) is 6.58. The zero-order chi connectivity index (χ0) is 14.6. The van der Waals surface area contributed by atoms with Gasteiger partial charge < -0.3 is 16.0 Å². The van der Waals surface area contributed by atoms with Gasteiger partial charge in [-0.3, -0.25) is 4.79 Å². The molecule has 0 aromatic carbocycles. The molecule has 0 fully saturated rings. The van der Waals surface area contributed by atoms with E-state index in [-0.39, 0.29) is 11.3 Å². The van der Waals surface area contributed by atoms with Gasteiger partial charge in [0.1, 0.15) is 5.54 Å². The Bertz CT molecular complexity index is 273. The lowest BCUT2D eigenvalue weighted by atomic mass is 9.86. The number of nitrogens with zero attached hydrogens (tertiary/aromatic N) is 1. The van der Waals surface area contributed by atoms with Gasteiger partial charge in [0.25, 0.3) is 0 Å². The highest BCUT2D eigenvalue weighted by molar-refractivity contribution is 5.84. The summed E-state index contributed by atoms with van der Waals surface area (Å²) in [6, 6.07) is 0.375. The number of nitrogens with one attached hydrogen (secondary N) is 1. The van der Waals surface area contributed by atoms with E-state index in [2.05, 4.69) is 44.8 Å². The first-order valence-corrected chi connectivity index (χ1v) is 6.79. The third-order valence-corrected chi connectivity index (χ3v) is 3.79. The number of primary amides is 1. The topological polar surface area (TPSA) is 58.4 Å². The van der Waals surface area contributed by atoms with E-state index in [1.165, 1.54) is 0 Å². The normalized spacial score (nSPS) is 17.6. The molecule has 0 rings (SSSR count). The summed E-state index contributed by atoms with van der Waals surface area (Å²) < 4.78 is 0. The lowest BCUT2D eigenvalue weighted by Crippen LogP contribution is -2.61. The molecule has 18 heavy (non-hydrogen) atoms. The van der Waals surface area contributed by atoms with Gasteiger partial charge in [-0.25, -0.2) is 0 Å². The second kappa shape index (κ2) is 6.53. The summed E-state index contributed by atoms with van der Waals surface area (Å²) in [4.78, 5) is 13.9. The second-order valence-electron chi connectivity index (χ2n) is 6.58. The molecule has 3 N–H and O–H groups in total. The van der Waals surface area contributed by atoms with Crippen LogP contribution in [0, 0.1) is 5.41 Å². The summed E-state index contributed by atoms with van der Waals surface area (Å²) in [5, 5.41) is 3.27. The largest absolute Gasteiger partial charge is 0.368 e. The van der Waals surface area contributed by atoms with Crippen molar-refractivity contribution in [1.82, 2.24) is 10.2 Å². The number of likely N-dealkylation sites (N-methyl/N-ethyl adjacent to an activating group) is 1. The molecule has 1 amide bonds. The lowest BCUT2D eigenvalue weighted by Gasteiger charge is -2.40. The molecule has 2 unspecified atom stereocenters. The van der Waals surface area contributed by atoms with Crippen LogP contribution in [0.2, 0.25) is 0 Å². The monoisotopic (exact) mass is 257 g/mol. The van der Waals surface area contributed by atoms with Crippen molar-refractivity contribution in [2.45, 2.75) is 59.5 Å². The van der Waals surface area contributed by atoms with Gasteiger partial charge in [-0.05, 0) is 39.3 Å². The molecule has 2 atom stereocenters. The van der Waals surface area contributed by atoms with Gasteiger partial charge in [0.05, 0.1) is 0 Å². The highest BCUT2D eigenvalue weighted by atomic mass is 16.1. The van der Waals surface area contributed by atoms with Crippen LogP contribution in [-0.4, -0.2) is 42.5 Å². The van der Waals surface area contributed by atoms with Crippen molar-refractivity contribution in [3.8, 4) is 0 Å². The predicted octanol–water partition coefficient (Wildman–Crippen LogP) is 1.60. The molecular weight excluding hydrogens is 226 g/mol. The Labute approximate surface area is 112 Å². The molecular formula is C14H31N3O. The van der Waals surface area contributed by atoms with Crippen LogP contribution in [0.1, 0.15) is 48.0 Å². The van der Waals surface area contributed by atoms with Crippen LogP contribution in [0.3, 0.4) is 0 Å². The Balaban J connectivity index is 4.74. The molecule has 0 bridgehead atoms. The van der Waals surface area contributed by atoms with E-state index in [4.69, 9.17) is 5.73 Å². The van der Waals surface area contributed by atoms with E-state index >= 15 is 0 Å². The average Bonchev–Trinajstić information content (AvgIpc) is 2.23. The smallest absolute Gasteiger partial charge is 0.238 e. The fourth-order valence-corrected chi connectivity index (χ4v) is 1.92. The van der Waals surface area contributed by atoms with Gasteiger partial charge in [0.2, 0.25) is 5.91 Å². The molecule has 4 heteroatoms. The van der Waals surface area contributed by atoms with E-state index in [1.807, 2.05) is 14.0 Å². The number of hydrogen-bond acceptors (Lipinski definition) is 3. The molecule has 0 saturated carbocycles. The summed E-state index contributed by atoms with van der Waals surface area (Å²) in [6.07, 6.45) is 0.988. The molecule has 0 heterocycles. The Morgan fingerprint density at radius 2 is 1.83 bits per heavy atom. The first-order chi connectivity index (χ1) is 8.04. The molecule has 0 aliphatic heterocycles. The number of nitrogens with two attached hydrogens (primary N) is 1. The van der Waals surface area contributed by atoms with Crippen molar-refractivity contribution in [2.24, 2.45) is 11.1 Å². The Morgan fingerprint density at radius 1 is 1.33 bits per heavy atom. The van der Waals surface area contributed by atoms with E-state index < -0.39 is 5.54 Å². The zero-order valence-electron chi connectivity index (χ0n) is 13.1. The maximum absolute atomic E-state index is 11.7. The minimum Gasteiger partial charge on any atom is -0.368 e. The quantitative estimate of drug-likeness (QED) is 0.728. The molecule has 0 saturated heterocycles. The number of rotatable bonds is 7. The highest BCUT2D eigenvalue weighted by Crippen LogP contribution is 2.24. The van der Waals surface area contributed by atoms with Crippen molar-refractivity contribution in [1.29, 1.82) is 0 Å². The maximum atomic E-state index is 11.7. The van der Waals surface area contributed by atoms with E-state index in [9.17, 15) is 4.79 Å². The van der Waals surface area contributed by atoms with Crippen molar-refractivity contribution < 1.29 is 4.79 Å². The molecule has 0 aromatic rings. The first kappa shape index (κ1) is 17.4. The van der Waals surface area contributed by atoms with Gasteiger partial charge in [0.15, 0.2) is 0 Å². The van der Waals surface area contributed by atoms with Crippen LogP contribution in [0.25, 0.3) is 0 Å². The fraction of sp³-hybridized carbons (Fsp3) is 0.929. The molecule has 0 aliphatic rings. The van der Waals surface area contributed by atoms with Crippen molar-refractivity contribution in [3.05, 3.63) is 0 Å². The molecule has 0 aromatic heterocycles. The van der Waals surface area contributed by atoms with E-state index in [0.717, 1.165) is 13.0 Å². The van der Waals surface area contributed by atoms with Crippen LogP contribution >= 0.6 is 0 Å². The van der Waals surface area contributed by atoms with Gasteiger partial charge in [-0.1, -0.05) is 27.7 Å². The molecule has 108 valence electrons. The van der Waals surface area contributed by atoms with Crippen LogP contribution < -0.4 is 11.1 Å². The predicted molar refractivity (Wildman–Crippen MR) is 77.4 cm³/mol. The number of amides is 1. The van der Waals surface area contributed by atoms with E-state index in [0.29, 0.717) is 12.6 Å². The van der Waals surface area contributed by atoms with Gasteiger partial charge >= 0.3 is 0 Å². The third-order valence-electron chi connectivity index (χ3n) is 3.79. The summed E-state index contributed by atoms with van der Waals surface area (Å²) in [5.74, 6) is -0.288. The standard InChI is InChI=1S/C14H31N3O/c1-8-9-16-14(6,12(15)18)10-17(7)11(2)13(3,4)5/h11,16H,8-10H2,1-7H3,(H2,15,18). The minimum atomic E-state index is -0.662. The number of hydrogen-bond donors (Lipinski definition) is 2. The van der Waals surface area contributed by atoms with Crippen molar-refractivity contribution in [2.75, 3.05) is 20.1 Å². The fourth-order valence-electron chi connectivity index (χ4n) is 1.92. The highest BCUT2D eigenvalue weighted by Gasteiger charge is 2.34. The molecule has 0 radical (unpaired) electrons. The molecule has 4 nitrogen and oxygen atoms in total. The molecule has 0 aliphatic carbocycles. The first-order valence-electron chi connectivity index (χ1n) is 6.79. The van der Waals surface area contributed by atoms with Crippen molar-refractivity contribution in [3.63, 3.8) is 0 Å². The number of carbonyl (C=O) groups excluding carboxylic acids is 1.